The number of hydrogen-bond acceptors (Lipinski definition) is 5. The second-order valence-electron chi connectivity index (χ2n) is 4.88. The quantitative estimate of drug-likeness (QED) is 0.560. The zero-order chi connectivity index (χ0) is 15.8. The first kappa shape index (κ1) is 17.4. The van der Waals surface area contributed by atoms with Crippen LogP contribution < -0.4 is 4.90 Å². The van der Waals surface area contributed by atoms with Crippen LogP contribution in [-0.4, -0.2) is 36.3 Å². The molecule has 118 valence electrons. The molecular weight excluding hydrogens is 272 g/mol. The van der Waals surface area contributed by atoms with Gasteiger partial charge in [-0.25, -0.2) is 0 Å². The van der Waals surface area contributed by atoms with Crippen LogP contribution in [0.3, 0.4) is 0 Å². The second kappa shape index (κ2) is 8.59. The summed E-state index contributed by atoms with van der Waals surface area (Å²) in [5.41, 5.74) is 1.18. The molecular formula is C15H24N2O4. The molecule has 6 nitrogen and oxygen atoms in total. The van der Waals surface area contributed by atoms with Crippen molar-refractivity contribution in [3.05, 3.63) is 33.9 Å². The third kappa shape index (κ3) is 4.41. The predicted molar refractivity (Wildman–Crippen MR) is 82.6 cm³/mol. The summed E-state index contributed by atoms with van der Waals surface area (Å²) in [5.74, 6) is 0. The Morgan fingerprint density at radius 3 is 2.52 bits per heavy atom. The van der Waals surface area contributed by atoms with E-state index in [0.717, 1.165) is 18.5 Å². The Morgan fingerprint density at radius 1 is 1.38 bits per heavy atom. The number of ether oxygens (including phenoxy) is 1. The Morgan fingerprint density at radius 2 is 2.05 bits per heavy atom. The van der Waals surface area contributed by atoms with Crippen LogP contribution in [0, 0.1) is 10.1 Å². The van der Waals surface area contributed by atoms with Gasteiger partial charge in [0.2, 0.25) is 0 Å². The molecule has 0 aliphatic heterocycles. The normalized spacial score (nSPS) is 10.9. The van der Waals surface area contributed by atoms with Crippen LogP contribution in [0.2, 0.25) is 0 Å². The summed E-state index contributed by atoms with van der Waals surface area (Å²) in [5, 5.41) is 20.3. The van der Waals surface area contributed by atoms with Gasteiger partial charge in [0, 0.05) is 31.5 Å². The van der Waals surface area contributed by atoms with E-state index in [-0.39, 0.29) is 12.3 Å². The van der Waals surface area contributed by atoms with Gasteiger partial charge in [-0.15, -0.1) is 0 Å². The summed E-state index contributed by atoms with van der Waals surface area (Å²) in [6.07, 6.45) is 1.96. The van der Waals surface area contributed by atoms with Gasteiger partial charge >= 0.3 is 0 Å². The van der Waals surface area contributed by atoms with Gasteiger partial charge < -0.3 is 14.7 Å². The van der Waals surface area contributed by atoms with Gasteiger partial charge in [0.15, 0.2) is 0 Å². The molecule has 0 bridgehead atoms. The predicted octanol–water partition coefficient (Wildman–Crippen LogP) is 2.73. The van der Waals surface area contributed by atoms with Crippen LogP contribution in [-0.2, 0) is 11.3 Å². The molecule has 0 unspecified atom stereocenters. The zero-order valence-electron chi connectivity index (χ0n) is 12.9. The minimum Gasteiger partial charge on any atom is -0.391 e. The summed E-state index contributed by atoms with van der Waals surface area (Å²) in [7, 11) is 1.65. The van der Waals surface area contributed by atoms with E-state index in [2.05, 4.69) is 18.7 Å². The van der Waals surface area contributed by atoms with Crippen molar-refractivity contribution in [3.63, 3.8) is 0 Å². The maximum absolute atomic E-state index is 10.9. The minimum atomic E-state index is -0.466. The zero-order valence-corrected chi connectivity index (χ0v) is 12.9. The number of rotatable bonds is 9. The molecule has 0 radical (unpaired) electrons. The van der Waals surface area contributed by atoms with Crippen molar-refractivity contribution >= 4 is 11.4 Å². The first-order valence-corrected chi connectivity index (χ1v) is 7.22. The number of nitro groups is 1. The van der Waals surface area contributed by atoms with Gasteiger partial charge in [0.25, 0.3) is 5.69 Å². The van der Waals surface area contributed by atoms with E-state index in [0.29, 0.717) is 24.8 Å². The van der Waals surface area contributed by atoms with E-state index >= 15 is 0 Å². The molecule has 21 heavy (non-hydrogen) atoms. The van der Waals surface area contributed by atoms with E-state index in [9.17, 15) is 15.2 Å². The average molecular weight is 296 g/mol. The Labute approximate surface area is 125 Å². The summed E-state index contributed by atoms with van der Waals surface area (Å²) in [6.45, 7) is 5.19. The first-order chi connectivity index (χ1) is 10.1. The monoisotopic (exact) mass is 296 g/mol. The van der Waals surface area contributed by atoms with Gasteiger partial charge in [-0.05, 0) is 25.0 Å². The lowest BCUT2D eigenvalue weighted by Gasteiger charge is -2.32. The van der Waals surface area contributed by atoms with Crippen LogP contribution in [0.15, 0.2) is 18.2 Å². The molecule has 0 atom stereocenters. The summed E-state index contributed by atoms with van der Waals surface area (Å²) in [4.78, 5) is 12.7. The van der Waals surface area contributed by atoms with Crippen molar-refractivity contribution in [2.24, 2.45) is 0 Å². The Bertz CT molecular complexity index is 461. The summed E-state index contributed by atoms with van der Waals surface area (Å²) >= 11 is 0. The van der Waals surface area contributed by atoms with E-state index < -0.39 is 4.92 Å². The van der Waals surface area contributed by atoms with Crippen LogP contribution in [0.1, 0.15) is 32.3 Å². The highest BCUT2D eigenvalue weighted by Gasteiger charge is 2.19. The van der Waals surface area contributed by atoms with Crippen LogP contribution in [0.5, 0.6) is 0 Å². The SMILES string of the molecule is CCC(CC)N(CCOC)c1ccc([N+](=O)[O-])c(CO)c1. The highest BCUT2D eigenvalue weighted by atomic mass is 16.6. The molecule has 0 amide bonds. The van der Waals surface area contributed by atoms with Gasteiger partial charge in [-0.2, -0.15) is 0 Å². The van der Waals surface area contributed by atoms with Gasteiger partial charge in [-0.3, -0.25) is 10.1 Å². The molecule has 0 saturated carbocycles. The molecule has 0 aliphatic rings. The fourth-order valence-electron chi connectivity index (χ4n) is 2.50. The maximum Gasteiger partial charge on any atom is 0.275 e. The molecule has 1 aromatic carbocycles. The number of hydrogen-bond donors (Lipinski definition) is 1. The highest BCUT2D eigenvalue weighted by molar-refractivity contribution is 5.56. The fraction of sp³-hybridized carbons (Fsp3) is 0.600. The standard InChI is InChI=1S/C15H24N2O4/c1-4-13(5-2)16(8-9-21-3)14-6-7-15(17(19)20)12(10-14)11-18/h6-7,10,13,18H,4-5,8-9,11H2,1-3H3. The van der Waals surface area contributed by atoms with Gasteiger partial charge in [-0.1, -0.05) is 13.8 Å². The fourth-order valence-corrected chi connectivity index (χ4v) is 2.50. The van der Waals surface area contributed by atoms with Crippen LogP contribution >= 0.6 is 0 Å². The summed E-state index contributed by atoms with van der Waals surface area (Å²) in [6, 6.07) is 5.24. The topological polar surface area (TPSA) is 75.8 Å². The van der Waals surface area contributed by atoms with Crippen molar-refractivity contribution in [1.82, 2.24) is 0 Å². The number of methoxy groups -OCH3 is 1. The Hall–Kier alpha value is -1.66. The minimum absolute atomic E-state index is 0.0440. The van der Waals surface area contributed by atoms with Gasteiger partial charge in [0.05, 0.1) is 23.7 Å². The molecule has 6 heteroatoms. The van der Waals surface area contributed by atoms with E-state index in [4.69, 9.17) is 4.74 Å². The third-order valence-corrected chi connectivity index (χ3v) is 3.68. The lowest BCUT2D eigenvalue weighted by atomic mass is 10.1. The van der Waals surface area contributed by atoms with E-state index in [1.807, 2.05) is 0 Å². The third-order valence-electron chi connectivity index (χ3n) is 3.68. The maximum atomic E-state index is 10.9. The Balaban J connectivity index is 3.14. The van der Waals surface area contributed by atoms with Crippen LogP contribution in [0.25, 0.3) is 0 Å². The number of benzene rings is 1. The highest BCUT2D eigenvalue weighted by Crippen LogP contribution is 2.27. The summed E-state index contributed by atoms with van der Waals surface area (Å²) < 4.78 is 5.15. The van der Waals surface area contributed by atoms with Gasteiger partial charge in [0.1, 0.15) is 0 Å². The molecule has 0 spiro atoms. The number of nitro benzene ring substituents is 1. The number of nitrogens with zero attached hydrogens (tertiary/aromatic N) is 2. The van der Waals surface area contributed by atoms with Crippen molar-refractivity contribution < 1.29 is 14.8 Å². The molecule has 0 saturated heterocycles. The first-order valence-electron chi connectivity index (χ1n) is 7.22. The molecule has 0 aromatic heterocycles. The van der Waals surface area contributed by atoms with E-state index in [1.165, 1.54) is 6.07 Å². The Kier molecular flexibility index (Phi) is 7.11. The second-order valence-corrected chi connectivity index (χ2v) is 4.88. The lowest BCUT2D eigenvalue weighted by Crippen LogP contribution is -2.37. The number of aliphatic hydroxyl groups is 1. The molecule has 1 N–H and O–H groups in total. The molecule has 1 aromatic rings. The lowest BCUT2D eigenvalue weighted by molar-refractivity contribution is -0.385. The molecule has 0 fully saturated rings. The van der Waals surface area contributed by atoms with Crippen molar-refractivity contribution in [2.45, 2.75) is 39.3 Å². The van der Waals surface area contributed by atoms with Crippen molar-refractivity contribution in [3.8, 4) is 0 Å². The molecule has 0 aliphatic carbocycles. The molecule has 0 heterocycles. The van der Waals surface area contributed by atoms with Crippen molar-refractivity contribution in [1.29, 1.82) is 0 Å². The largest absolute Gasteiger partial charge is 0.391 e. The molecule has 1 rings (SSSR count). The average Bonchev–Trinajstić information content (AvgIpc) is 2.50. The van der Waals surface area contributed by atoms with Crippen LogP contribution in [0.4, 0.5) is 11.4 Å². The number of anilines is 1. The number of aliphatic hydroxyl groups excluding tert-OH is 1. The smallest absolute Gasteiger partial charge is 0.275 e. The van der Waals surface area contributed by atoms with Crippen molar-refractivity contribution in [2.75, 3.05) is 25.2 Å². The van der Waals surface area contributed by atoms with E-state index in [1.54, 1.807) is 19.2 Å².